The number of nitrogens with one attached hydrogen (secondary N) is 1. The molecule has 1 unspecified atom stereocenters. The molecule has 0 spiro atoms. The molecule has 14 heavy (non-hydrogen) atoms. The van der Waals surface area contributed by atoms with Crippen molar-refractivity contribution in [2.75, 3.05) is 7.05 Å². The summed E-state index contributed by atoms with van der Waals surface area (Å²) in [7, 11) is 2.04. The predicted octanol–water partition coefficient (Wildman–Crippen LogP) is 2.96. The van der Waals surface area contributed by atoms with Crippen molar-refractivity contribution in [1.82, 2.24) is 5.32 Å². The van der Waals surface area contributed by atoms with Gasteiger partial charge in [-0.15, -0.1) is 0 Å². The summed E-state index contributed by atoms with van der Waals surface area (Å²) in [6.07, 6.45) is 4.08. The molecular weight excluding hydrogens is 174 g/mol. The van der Waals surface area contributed by atoms with E-state index in [0.29, 0.717) is 6.04 Å². The fourth-order valence-corrected chi connectivity index (χ4v) is 2.08. The molecule has 1 aliphatic carbocycles. The quantitative estimate of drug-likeness (QED) is 0.795. The highest BCUT2D eigenvalue weighted by atomic mass is 16.3. The zero-order chi connectivity index (χ0) is 10.1. The Morgan fingerprint density at radius 3 is 2.64 bits per heavy atom. The van der Waals surface area contributed by atoms with Gasteiger partial charge in [-0.1, -0.05) is 12.8 Å². The Balaban J connectivity index is 2.12. The highest BCUT2D eigenvalue weighted by Gasteiger charge is 2.27. The molecule has 1 aliphatic rings. The summed E-state index contributed by atoms with van der Waals surface area (Å²) in [5, 5.41) is 3.38. The summed E-state index contributed by atoms with van der Waals surface area (Å²) >= 11 is 0. The molecule has 1 N–H and O–H groups in total. The third-order valence-electron chi connectivity index (χ3n) is 3.07. The first-order chi connectivity index (χ1) is 6.70. The monoisotopic (exact) mass is 193 g/mol. The zero-order valence-electron chi connectivity index (χ0n) is 9.26. The molecule has 0 saturated heterocycles. The minimum absolute atomic E-state index is 0.486. The van der Waals surface area contributed by atoms with Crippen LogP contribution in [-0.4, -0.2) is 7.05 Å². The van der Waals surface area contributed by atoms with Gasteiger partial charge in [0, 0.05) is 11.6 Å². The molecule has 1 saturated carbocycles. The van der Waals surface area contributed by atoms with Crippen molar-refractivity contribution in [3.63, 3.8) is 0 Å². The number of hydrogen-bond acceptors (Lipinski definition) is 2. The fraction of sp³-hybridized carbons (Fsp3) is 0.667. The van der Waals surface area contributed by atoms with Crippen molar-refractivity contribution in [3.05, 3.63) is 23.2 Å². The van der Waals surface area contributed by atoms with Crippen LogP contribution in [0.2, 0.25) is 0 Å². The van der Waals surface area contributed by atoms with E-state index in [1.807, 2.05) is 14.0 Å². The smallest absolute Gasteiger partial charge is 0.105 e. The molecule has 1 atom stereocenters. The second-order valence-electron chi connectivity index (χ2n) is 4.39. The lowest BCUT2D eigenvalue weighted by molar-refractivity contribution is 0.474. The molecule has 1 aromatic heterocycles. The van der Waals surface area contributed by atoms with E-state index in [4.69, 9.17) is 4.42 Å². The van der Waals surface area contributed by atoms with Crippen molar-refractivity contribution in [2.24, 2.45) is 5.92 Å². The molecule has 0 amide bonds. The predicted molar refractivity (Wildman–Crippen MR) is 57.3 cm³/mol. The van der Waals surface area contributed by atoms with Crippen LogP contribution in [0.15, 0.2) is 10.5 Å². The van der Waals surface area contributed by atoms with E-state index >= 15 is 0 Å². The first-order valence-electron chi connectivity index (χ1n) is 5.45. The van der Waals surface area contributed by atoms with Crippen molar-refractivity contribution in [3.8, 4) is 0 Å². The standard InChI is InChI=1S/C12H19NO/c1-8-6-11(9(2)14-8)12(13-3)7-10-4-5-10/h6,10,12-13H,4-5,7H2,1-3H3. The van der Waals surface area contributed by atoms with Crippen molar-refractivity contribution in [2.45, 2.75) is 39.2 Å². The van der Waals surface area contributed by atoms with Gasteiger partial charge >= 0.3 is 0 Å². The lowest BCUT2D eigenvalue weighted by Crippen LogP contribution is -2.17. The maximum atomic E-state index is 5.56. The maximum absolute atomic E-state index is 5.56. The molecule has 0 aromatic carbocycles. The van der Waals surface area contributed by atoms with Crippen LogP contribution in [0.5, 0.6) is 0 Å². The van der Waals surface area contributed by atoms with Crippen LogP contribution >= 0.6 is 0 Å². The van der Waals surface area contributed by atoms with Gasteiger partial charge in [0.05, 0.1) is 0 Å². The van der Waals surface area contributed by atoms with Crippen LogP contribution in [-0.2, 0) is 0 Å². The Hall–Kier alpha value is -0.760. The molecule has 1 heterocycles. The number of aryl methyl sites for hydroxylation is 2. The molecule has 2 rings (SSSR count). The molecule has 0 radical (unpaired) electrons. The number of rotatable bonds is 4. The van der Waals surface area contributed by atoms with Gasteiger partial charge in [-0.05, 0) is 39.3 Å². The highest BCUT2D eigenvalue weighted by Crippen LogP contribution is 2.38. The van der Waals surface area contributed by atoms with Gasteiger partial charge < -0.3 is 9.73 Å². The van der Waals surface area contributed by atoms with Gasteiger partial charge in [0.15, 0.2) is 0 Å². The minimum atomic E-state index is 0.486. The normalized spacial score (nSPS) is 18.5. The van der Waals surface area contributed by atoms with E-state index in [9.17, 15) is 0 Å². The zero-order valence-corrected chi connectivity index (χ0v) is 9.26. The molecule has 78 valence electrons. The first kappa shape index (κ1) is 9.78. The molecule has 2 nitrogen and oxygen atoms in total. The summed E-state index contributed by atoms with van der Waals surface area (Å²) in [4.78, 5) is 0. The van der Waals surface area contributed by atoms with E-state index in [1.54, 1.807) is 0 Å². The Kier molecular flexibility index (Phi) is 2.64. The van der Waals surface area contributed by atoms with E-state index in [0.717, 1.165) is 17.4 Å². The summed E-state index contributed by atoms with van der Waals surface area (Å²) in [5.74, 6) is 3.04. The Morgan fingerprint density at radius 1 is 1.50 bits per heavy atom. The molecule has 0 aliphatic heterocycles. The van der Waals surface area contributed by atoms with Gasteiger partial charge in [-0.2, -0.15) is 0 Å². The lowest BCUT2D eigenvalue weighted by Gasteiger charge is -2.14. The molecular formula is C12H19NO. The number of hydrogen-bond donors (Lipinski definition) is 1. The SMILES string of the molecule is CNC(CC1CC1)c1cc(C)oc1C. The van der Waals surface area contributed by atoms with E-state index < -0.39 is 0 Å². The van der Waals surface area contributed by atoms with Crippen LogP contribution in [0.4, 0.5) is 0 Å². The van der Waals surface area contributed by atoms with Gasteiger partial charge in [0.25, 0.3) is 0 Å². The van der Waals surface area contributed by atoms with Crippen molar-refractivity contribution in [1.29, 1.82) is 0 Å². The number of furan rings is 1. The van der Waals surface area contributed by atoms with E-state index in [1.165, 1.54) is 24.8 Å². The Bertz CT molecular complexity index is 312. The Morgan fingerprint density at radius 2 is 2.21 bits per heavy atom. The lowest BCUT2D eigenvalue weighted by atomic mass is 10.0. The average molecular weight is 193 g/mol. The Labute approximate surface area is 85.7 Å². The second-order valence-corrected chi connectivity index (χ2v) is 4.39. The van der Waals surface area contributed by atoms with Crippen molar-refractivity contribution < 1.29 is 4.42 Å². The topological polar surface area (TPSA) is 25.2 Å². The fourth-order valence-electron chi connectivity index (χ4n) is 2.08. The third-order valence-corrected chi connectivity index (χ3v) is 3.07. The summed E-state index contributed by atoms with van der Waals surface area (Å²) in [6, 6.07) is 2.65. The largest absolute Gasteiger partial charge is 0.466 e. The van der Waals surface area contributed by atoms with Crippen LogP contribution < -0.4 is 5.32 Å². The van der Waals surface area contributed by atoms with Crippen LogP contribution in [0.1, 0.15) is 42.4 Å². The summed E-state index contributed by atoms with van der Waals surface area (Å²) in [5.41, 5.74) is 1.34. The van der Waals surface area contributed by atoms with Gasteiger partial charge in [-0.3, -0.25) is 0 Å². The second kappa shape index (κ2) is 3.77. The summed E-state index contributed by atoms with van der Waals surface area (Å²) in [6.45, 7) is 4.07. The molecule has 1 fully saturated rings. The van der Waals surface area contributed by atoms with Gasteiger partial charge in [0.2, 0.25) is 0 Å². The average Bonchev–Trinajstić information content (AvgIpc) is 2.89. The van der Waals surface area contributed by atoms with Crippen LogP contribution in [0.25, 0.3) is 0 Å². The van der Waals surface area contributed by atoms with Gasteiger partial charge in [0.1, 0.15) is 11.5 Å². The van der Waals surface area contributed by atoms with Crippen LogP contribution in [0, 0.1) is 19.8 Å². The molecule has 1 aromatic rings. The van der Waals surface area contributed by atoms with E-state index in [2.05, 4.69) is 18.3 Å². The van der Waals surface area contributed by atoms with Crippen LogP contribution in [0.3, 0.4) is 0 Å². The highest BCUT2D eigenvalue weighted by molar-refractivity contribution is 5.24. The molecule has 2 heteroatoms. The van der Waals surface area contributed by atoms with Gasteiger partial charge in [-0.25, -0.2) is 0 Å². The summed E-state index contributed by atoms with van der Waals surface area (Å²) < 4.78 is 5.56. The first-order valence-corrected chi connectivity index (χ1v) is 5.45. The molecule has 0 bridgehead atoms. The van der Waals surface area contributed by atoms with Crippen molar-refractivity contribution >= 4 is 0 Å². The minimum Gasteiger partial charge on any atom is -0.466 e. The third kappa shape index (κ3) is 2.01. The maximum Gasteiger partial charge on any atom is 0.105 e. The van der Waals surface area contributed by atoms with E-state index in [-0.39, 0.29) is 0 Å².